The van der Waals surface area contributed by atoms with Crippen LogP contribution in [0.2, 0.25) is 0 Å². The highest BCUT2D eigenvalue weighted by Crippen LogP contribution is 2.25. The summed E-state index contributed by atoms with van der Waals surface area (Å²) in [5.74, 6) is 0.371. The van der Waals surface area contributed by atoms with Crippen LogP contribution in [-0.4, -0.2) is 45.2 Å². The van der Waals surface area contributed by atoms with Crippen molar-refractivity contribution in [3.63, 3.8) is 0 Å². The normalized spacial score (nSPS) is 14.6. The van der Waals surface area contributed by atoms with Crippen molar-refractivity contribution >= 4 is 11.7 Å². The predicted octanol–water partition coefficient (Wildman–Crippen LogP) is 4.47. The van der Waals surface area contributed by atoms with Crippen LogP contribution in [0, 0.1) is 0 Å². The second kappa shape index (κ2) is 8.43. The monoisotopic (exact) mass is 390 g/mol. The average Bonchev–Trinajstić information content (AvgIpc) is 3.22. The number of hydrogen-bond acceptors (Lipinski definition) is 7. The Morgan fingerprint density at radius 2 is 1.76 bits per heavy atom. The minimum absolute atomic E-state index is 0.371. The fraction of sp³-hybridized carbons (Fsp3) is 0.364. The summed E-state index contributed by atoms with van der Waals surface area (Å²) in [6, 6.07) is 8.95. The molecular formula is C22H26N6O. The maximum Gasteiger partial charge on any atom is 0.316 e. The smallest absolute Gasteiger partial charge is 0.316 e. The summed E-state index contributed by atoms with van der Waals surface area (Å²) in [4.78, 5) is 11.0. The Hall–Kier alpha value is -3.22. The zero-order chi connectivity index (χ0) is 20.2. The lowest BCUT2D eigenvalue weighted by molar-refractivity contribution is 0.449. The van der Waals surface area contributed by atoms with E-state index in [1.807, 2.05) is 43.3 Å². The molecule has 150 valence electrons. The minimum Gasteiger partial charge on any atom is -0.402 e. The SMILES string of the molecule is C=C(c1ccc(-c2cncc(-c3nnc(NC4CCCCC4)o3)n2)cc1)N(C)C. The van der Waals surface area contributed by atoms with Crippen LogP contribution in [0.3, 0.4) is 0 Å². The molecule has 0 aliphatic heterocycles. The molecule has 1 N–H and O–H groups in total. The van der Waals surface area contributed by atoms with Gasteiger partial charge in [0.2, 0.25) is 0 Å². The van der Waals surface area contributed by atoms with Crippen molar-refractivity contribution in [2.24, 2.45) is 0 Å². The molecule has 0 saturated heterocycles. The topological polar surface area (TPSA) is 80.0 Å². The molecule has 1 fully saturated rings. The fourth-order valence-electron chi connectivity index (χ4n) is 3.51. The van der Waals surface area contributed by atoms with E-state index in [1.165, 1.54) is 19.3 Å². The second-order valence-electron chi connectivity index (χ2n) is 7.60. The van der Waals surface area contributed by atoms with E-state index in [0.717, 1.165) is 35.4 Å². The molecule has 0 unspecified atom stereocenters. The third-order valence-corrected chi connectivity index (χ3v) is 5.27. The fourth-order valence-corrected chi connectivity index (χ4v) is 3.51. The van der Waals surface area contributed by atoms with Crippen molar-refractivity contribution in [2.45, 2.75) is 38.1 Å². The highest BCUT2D eigenvalue weighted by atomic mass is 16.4. The predicted molar refractivity (Wildman–Crippen MR) is 114 cm³/mol. The lowest BCUT2D eigenvalue weighted by Crippen LogP contribution is -2.22. The Bertz CT molecular complexity index is 973. The van der Waals surface area contributed by atoms with Gasteiger partial charge in [0.15, 0.2) is 0 Å². The van der Waals surface area contributed by atoms with Crippen LogP contribution in [0.25, 0.3) is 28.5 Å². The summed E-state index contributed by atoms with van der Waals surface area (Å²) in [5.41, 5.74) is 4.31. The molecule has 29 heavy (non-hydrogen) atoms. The van der Waals surface area contributed by atoms with Gasteiger partial charge in [0.05, 0.1) is 18.1 Å². The molecule has 0 atom stereocenters. The molecule has 1 saturated carbocycles. The van der Waals surface area contributed by atoms with E-state index in [2.05, 4.69) is 32.1 Å². The van der Waals surface area contributed by atoms with Crippen molar-refractivity contribution in [3.8, 4) is 22.8 Å². The maximum atomic E-state index is 5.79. The quantitative estimate of drug-likeness (QED) is 0.665. The summed E-state index contributed by atoms with van der Waals surface area (Å²) < 4.78 is 5.79. The molecule has 1 aliphatic rings. The summed E-state index contributed by atoms with van der Waals surface area (Å²) in [6.07, 6.45) is 9.45. The Labute approximate surface area is 170 Å². The largest absolute Gasteiger partial charge is 0.402 e. The molecule has 1 aliphatic carbocycles. The van der Waals surface area contributed by atoms with Crippen LogP contribution in [0.4, 0.5) is 6.01 Å². The lowest BCUT2D eigenvalue weighted by atomic mass is 9.96. The Morgan fingerprint density at radius 3 is 2.48 bits per heavy atom. The van der Waals surface area contributed by atoms with Crippen molar-refractivity contribution in [1.82, 2.24) is 25.1 Å². The van der Waals surface area contributed by atoms with Gasteiger partial charge < -0.3 is 14.6 Å². The first-order chi connectivity index (χ1) is 14.1. The van der Waals surface area contributed by atoms with Crippen LogP contribution < -0.4 is 5.32 Å². The van der Waals surface area contributed by atoms with Crippen molar-refractivity contribution < 1.29 is 4.42 Å². The number of nitrogens with one attached hydrogen (secondary N) is 1. The van der Waals surface area contributed by atoms with Gasteiger partial charge in [-0.2, -0.15) is 0 Å². The standard InChI is InChI=1S/C22H26N6O/c1-15(28(2)3)16-9-11-17(12-10-16)19-13-23-14-20(25-19)21-26-27-22(29-21)24-18-7-5-4-6-8-18/h9-14,18H,1,4-8H2,2-3H3,(H,24,27). The van der Waals surface area contributed by atoms with E-state index >= 15 is 0 Å². The second-order valence-corrected chi connectivity index (χ2v) is 7.60. The summed E-state index contributed by atoms with van der Waals surface area (Å²) in [5, 5.41) is 11.6. The zero-order valence-electron chi connectivity index (χ0n) is 16.9. The third-order valence-electron chi connectivity index (χ3n) is 5.27. The van der Waals surface area contributed by atoms with E-state index in [0.29, 0.717) is 23.6 Å². The third kappa shape index (κ3) is 4.45. The van der Waals surface area contributed by atoms with E-state index < -0.39 is 0 Å². The molecule has 0 amide bonds. The molecule has 2 heterocycles. The van der Waals surface area contributed by atoms with Gasteiger partial charge in [0.1, 0.15) is 5.69 Å². The molecule has 3 aromatic rings. The van der Waals surface area contributed by atoms with Gasteiger partial charge in [-0.25, -0.2) is 4.98 Å². The van der Waals surface area contributed by atoms with Crippen LogP contribution >= 0.6 is 0 Å². The van der Waals surface area contributed by atoms with Crippen LogP contribution in [-0.2, 0) is 0 Å². The van der Waals surface area contributed by atoms with Crippen molar-refractivity contribution in [3.05, 3.63) is 48.8 Å². The lowest BCUT2D eigenvalue weighted by Gasteiger charge is -2.21. The average molecular weight is 390 g/mol. The van der Waals surface area contributed by atoms with E-state index in [-0.39, 0.29) is 0 Å². The van der Waals surface area contributed by atoms with Gasteiger partial charge in [-0.15, -0.1) is 5.10 Å². The number of nitrogens with zero attached hydrogens (tertiary/aromatic N) is 5. The number of rotatable bonds is 6. The first-order valence-corrected chi connectivity index (χ1v) is 9.99. The summed E-state index contributed by atoms with van der Waals surface area (Å²) >= 11 is 0. The van der Waals surface area contributed by atoms with E-state index in [9.17, 15) is 0 Å². The van der Waals surface area contributed by atoms with Crippen LogP contribution in [0.15, 0.2) is 47.7 Å². The molecule has 0 spiro atoms. The minimum atomic E-state index is 0.371. The highest BCUT2D eigenvalue weighted by Gasteiger charge is 2.17. The van der Waals surface area contributed by atoms with E-state index in [1.54, 1.807) is 12.4 Å². The van der Waals surface area contributed by atoms with Crippen molar-refractivity contribution in [1.29, 1.82) is 0 Å². The number of aromatic nitrogens is 4. The molecule has 7 heteroatoms. The van der Waals surface area contributed by atoms with Crippen LogP contribution in [0.1, 0.15) is 37.7 Å². The molecule has 1 aromatic carbocycles. The molecule has 4 rings (SSSR count). The van der Waals surface area contributed by atoms with E-state index in [4.69, 9.17) is 4.42 Å². The first kappa shape index (κ1) is 19.1. The van der Waals surface area contributed by atoms with Gasteiger partial charge >= 0.3 is 6.01 Å². The van der Waals surface area contributed by atoms with Gasteiger partial charge in [-0.1, -0.05) is 55.2 Å². The Morgan fingerprint density at radius 1 is 1.03 bits per heavy atom. The van der Waals surface area contributed by atoms with Gasteiger partial charge in [-0.05, 0) is 18.4 Å². The zero-order valence-corrected chi connectivity index (χ0v) is 16.9. The Kier molecular flexibility index (Phi) is 5.55. The first-order valence-electron chi connectivity index (χ1n) is 9.99. The number of benzene rings is 1. The van der Waals surface area contributed by atoms with Crippen LogP contribution in [0.5, 0.6) is 0 Å². The van der Waals surface area contributed by atoms with Gasteiger partial charge in [0, 0.05) is 31.4 Å². The summed E-state index contributed by atoms with van der Waals surface area (Å²) in [7, 11) is 3.96. The maximum absolute atomic E-state index is 5.79. The van der Waals surface area contributed by atoms with Gasteiger partial charge in [-0.3, -0.25) is 4.98 Å². The molecule has 7 nitrogen and oxygen atoms in total. The van der Waals surface area contributed by atoms with Gasteiger partial charge in [0.25, 0.3) is 5.89 Å². The Balaban J connectivity index is 1.51. The molecular weight excluding hydrogens is 364 g/mol. The molecule has 0 radical (unpaired) electrons. The number of hydrogen-bond donors (Lipinski definition) is 1. The molecule has 0 bridgehead atoms. The molecule has 2 aromatic heterocycles. The summed E-state index contributed by atoms with van der Waals surface area (Å²) in [6.45, 7) is 4.09. The highest BCUT2D eigenvalue weighted by molar-refractivity contribution is 5.67. The number of anilines is 1. The van der Waals surface area contributed by atoms with Crippen molar-refractivity contribution in [2.75, 3.05) is 19.4 Å².